The molecule has 0 heterocycles. The molecule has 1 aliphatic rings. The van der Waals surface area contributed by atoms with E-state index in [4.69, 9.17) is 16.2 Å². The van der Waals surface area contributed by atoms with Gasteiger partial charge in [0.2, 0.25) is 0 Å². The Kier molecular flexibility index (Phi) is 6.19. The van der Waals surface area contributed by atoms with Crippen LogP contribution in [0.25, 0.3) is 0 Å². The highest BCUT2D eigenvalue weighted by molar-refractivity contribution is 5.98. The van der Waals surface area contributed by atoms with Crippen molar-refractivity contribution >= 4 is 23.1 Å². The number of rotatable bonds is 5. The van der Waals surface area contributed by atoms with Gasteiger partial charge in [-0.05, 0) is 68.1 Å². The first-order valence-corrected chi connectivity index (χ1v) is 9.38. The summed E-state index contributed by atoms with van der Waals surface area (Å²) in [6.45, 7) is 0. The molecule has 0 unspecified atom stereocenters. The molecule has 3 rings (SSSR count). The zero-order valence-corrected chi connectivity index (χ0v) is 15.9. The quantitative estimate of drug-likeness (QED) is 0.422. The van der Waals surface area contributed by atoms with Crippen molar-refractivity contribution in [1.82, 2.24) is 0 Å². The van der Waals surface area contributed by atoms with E-state index in [1.165, 1.54) is 30.3 Å². The maximum Gasteiger partial charge on any atom is 0.573 e. The lowest BCUT2D eigenvalue weighted by molar-refractivity contribution is -0.274. The number of ether oxygens (including phenoxy) is 2. The second-order valence-corrected chi connectivity index (χ2v) is 7.20. The van der Waals surface area contributed by atoms with Gasteiger partial charge < -0.3 is 20.9 Å². The number of nitrogens with two attached hydrogens (primary N) is 2. The molecular formula is C21H21F3N2O4. The normalized spacial score (nSPS) is 19.2. The summed E-state index contributed by atoms with van der Waals surface area (Å²) in [5, 5.41) is 0. The van der Waals surface area contributed by atoms with E-state index in [1.54, 1.807) is 0 Å². The summed E-state index contributed by atoms with van der Waals surface area (Å²) in [7, 11) is 0. The van der Waals surface area contributed by atoms with Gasteiger partial charge in [-0.2, -0.15) is 0 Å². The number of carbonyl (C=O) groups excluding carboxylic acids is 2. The summed E-state index contributed by atoms with van der Waals surface area (Å²) in [5.74, 6) is -1.33. The fourth-order valence-corrected chi connectivity index (χ4v) is 3.51. The van der Waals surface area contributed by atoms with Crippen LogP contribution in [0, 0.1) is 5.92 Å². The van der Waals surface area contributed by atoms with Gasteiger partial charge in [0, 0.05) is 22.9 Å². The molecule has 1 saturated carbocycles. The number of esters is 1. The van der Waals surface area contributed by atoms with Crippen LogP contribution in [0.3, 0.4) is 0 Å². The Bertz CT molecular complexity index is 901. The predicted octanol–water partition coefficient (Wildman–Crippen LogP) is 4.35. The molecule has 0 radical (unpaired) electrons. The largest absolute Gasteiger partial charge is 0.573 e. The molecule has 30 heavy (non-hydrogen) atoms. The van der Waals surface area contributed by atoms with E-state index in [-0.39, 0.29) is 29.1 Å². The van der Waals surface area contributed by atoms with Crippen LogP contribution in [0.4, 0.5) is 24.5 Å². The molecule has 0 bridgehead atoms. The lowest BCUT2D eigenvalue weighted by Crippen LogP contribution is -2.28. The molecule has 2 aromatic rings. The Morgan fingerprint density at radius 3 is 1.97 bits per heavy atom. The highest BCUT2D eigenvalue weighted by Gasteiger charge is 2.32. The van der Waals surface area contributed by atoms with Gasteiger partial charge in [-0.1, -0.05) is 0 Å². The lowest BCUT2D eigenvalue weighted by atomic mass is 9.82. The van der Waals surface area contributed by atoms with Gasteiger partial charge in [0.15, 0.2) is 5.78 Å². The van der Waals surface area contributed by atoms with Crippen molar-refractivity contribution < 1.29 is 32.2 Å². The number of alkyl halides is 3. The van der Waals surface area contributed by atoms with Crippen molar-refractivity contribution in [3.05, 3.63) is 53.6 Å². The molecule has 9 heteroatoms. The van der Waals surface area contributed by atoms with Gasteiger partial charge in [-0.15, -0.1) is 13.2 Å². The number of hydrogen-bond donors (Lipinski definition) is 2. The number of halogens is 3. The van der Waals surface area contributed by atoms with Crippen LogP contribution in [0.1, 0.15) is 46.4 Å². The maximum absolute atomic E-state index is 12.6. The number of hydrogen-bond acceptors (Lipinski definition) is 6. The van der Waals surface area contributed by atoms with E-state index >= 15 is 0 Å². The Labute approximate surface area is 170 Å². The average molecular weight is 422 g/mol. The highest BCUT2D eigenvalue weighted by Crippen LogP contribution is 2.31. The monoisotopic (exact) mass is 422 g/mol. The van der Waals surface area contributed by atoms with Crippen molar-refractivity contribution in [2.75, 3.05) is 11.5 Å². The smallest absolute Gasteiger partial charge is 0.459 e. The number of anilines is 2. The second kappa shape index (κ2) is 8.64. The number of carbonyl (C=O) groups is 2. The molecule has 160 valence electrons. The van der Waals surface area contributed by atoms with Crippen molar-refractivity contribution in [3.63, 3.8) is 0 Å². The zero-order chi connectivity index (χ0) is 21.9. The van der Waals surface area contributed by atoms with E-state index in [0.717, 1.165) is 12.1 Å². The van der Waals surface area contributed by atoms with E-state index in [9.17, 15) is 22.8 Å². The molecule has 4 N–H and O–H groups in total. The average Bonchev–Trinajstić information content (AvgIpc) is 2.66. The first-order chi connectivity index (χ1) is 14.1. The van der Waals surface area contributed by atoms with Gasteiger partial charge in [0.25, 0.3) is 0 Å². The second-order valence-electron chi connectivity index (χ2n) is 7.20. The highest BCUT2D eigenvalue weighted by atomic mass is 19.4. The first kappa shape index (κ1) is 21.5. The summed E-state index contributed by atoms with van der Waals surface area (Å²) in [4.78, 5) is 24.9. The Balaban J connectivity index is 1.53. The standard InChI is InChI=1S/C21H21F3N2O4/c22-21(23,24)30-18-7-3-13(4-8-18)19(27)12-1-5-17(6-2-12)29-20(28)14-9-15(25)11-16(26)10-14/h3-4,7-12,17H,1-2,5-6,25-26H2. The van der Waals surface area contributed by atoms with Crippen LogP contribution in [-0.4, -0.2) is 24.2 Å². The van der Waals surface area contributed by atoms with E-state index < -0.39 is 12.3 Å². The van der Waals surface area contributed by atoms with E-state index in [0.29, 0.717) is 42.6 Å². The van der Waals surface area contributed by atoms with Crippen LogP contribution in [0.2, 0.25) is 0 Å². The van der Waals surface area contributed by atoms with Crippen LogP contribution in [0.5, 0.6) is 5.75 Å². The van der Waals surface area contributed by atoms with Gasteiger partial charge in [-0.3, -0.25) is 4.79 Å². The first-order valence-electron chi connectivity index (χ1n) is 9.38. The minimum absolute atomic E-state index is 0.151. The topological polar surface area (TPSA) is 105 Å². The summed E-state index contributed by atoms with van der Waals surface area (Å²) < 4.78 is 46.0. The minimum atomic E-state index is -4.78. The summed E-state index contributed by atoms with van der Waals surface area (Å²) in [5.41, 5.74) is 12.7. The third-order valence-electron chi connectivity index (χ3n) is 4.90. The van der Waals surface area contributed by atoms with Gasteiger partial charge in [0.05, 0.1) is 5.56 Å². The molecule has 0 spiro atoms. The maximum atomic E-state index is 12.6. The SMILES string of the molecule is Nc1cc(N)cc(C(=O)OC2CCC(C(=O)c3ccc(OC(F)(F)F)cc3)CC2)c1. The van der Waals surface area contributed by atoms with Crippen molar-refractivity contribution in [3.8, 4) is 5.75 Å². The Morgan fingerprint density at radius 2 is 1.43 bits per heavy atom. The van der Waals surface area contributed by atoms with Crippen LogP contribution >= 0.6 is 0 Å². The van der Waals surface area contributed by atoms with E-state index in [2.05, 4.69) is 4.74 Å². The third-order valence-corrected chi connectivity index (χ3v) is 4.90. The van der Waals surface area contributed by atoms with E-state index in [1.807, 2.05) is 0 Å². The number of nitrogen functional groups attached to an aromatic ring is 2. The molecule has 1 fully saturated rings. The molecule has 6 nitrogen and oxygen atoms in total. The molecule has 0 atom stereocenters. The van der Waals surface area contributed by atoms with Gasteiger partial charge >= 0.3 is 12.3 Å². The fraction of sp³-hybridized carbons (Fsp3) is 0.333. The van der Waals surface area contributed by atoms with Gasteiger partial charge in [-0.25, -0.2) is 4.79 Å². The summed E-state index contributed by atoms with van der Waals surface area (Å²) in [6.07, 6.45) is -3.07. The lowest BCUT2D eigenvalue weighted by Gasteiger charge is -2.27. The Morgan fingerprint density at radius 1 is 0.867 bits per heavy atom. The van der Waals surface area contributed by atoms with Crippen LogP contribution in [-0.2, 0) is 4.74 Å². The predicted molar refractivity (Wildman–Crippen MR) is 104 cm³/mol. The van der Waals surface area contributed by atoms with Crippen molar-refractivity contribution in [1.29, 1.82) is 0 Å². The zero-order valence-electron chi connectivity index (χ0n) is 15.9. The third kappa shape index (κ3) is 5.65. The van der Waals surface area contributed by atoms with Crippen LogP contribution in [0.15, 0.2) is 42.5 Å². The number of ketones is 1. The molecular weight excluding hydrogens is 401 g/mol. The molecule has 1 aliphatic carbocycles. The molecule has 0 aliphatic heterocycles. The molecule has 0 saturated heterocycles. The summed E-state index contributed by atoms with van der Waals surface area (Å²) >= 11 is 0. The minimum Gasteiger partial charge on any atom is -0.459 e. The number of Topliss-reactive ketones (excluding diaryl/α,β-unsaturated/α-hetero) is 1. The molecule has 0 aromatic heterocycles. The molecule has 2 aromatic carbocycles. The summed E-state index contributed by atoms with van der Waals surface area (Å²) in [6, 6.07) is 9.38. The van der Waals surface area contributed by atoms with Crippen LogP contribution < -0.4 is 16.2 Å². The van der Waals surface area contributed by atoms with Crippen molar-refractivity contribution in [2.24, 2.45) is 5.92 Å². The Hall–Kier alpha value is -3.23. The molecule has 0 amide bonds. The van der Waals surface area contributed by atoms with Gasteiger partial charge in [0.1, 0.15) is 11.9 Å². The van der Waals surface area contributed by atoms with Crippen molar-refractivity contribution in [2.45, 2.75) is 38.1 Å². The number of benzene rings is 2. The fourth-order valence-electron chi connectivity index (χ4n) is 3.51.